The van der Waals surface area contributed by atoms with Gasteiger partial charge in [-0.15, -0.1) is 0 Å². The molecular formula is C21H25N3O4. The minimum absolute atomic E-state index is 0.282. The number of nitrogens with one attached hydrogen (secondary N) is 2. The zero-order chi connectivity index (χ0) is 19.9. The van der Waals surface area contributed by atoms with E-state index in [1.165, 1.54) is 0 Å². The third-order valence-electron chi connectivity index (χ3n) is 5.92. The Kier molecular flexibility index (Phi) is 4.61. The molecule has 2 aliphatic rings. The zero-order valence-corrected chi connectivity index (χ0v) is 16.2. The van der Waals surface area contributed by atoms with E-state index in [9.17, 15) is 14.4 Å². The van der Waals surface area contributed by atoms with Crippen molar-refractivity contribution >= 4 is 28.8 Å². The average molecular weight is 383 g/mol. The van der Waals surface area contributed by atoms with Crippen LogP contribution >= 0.6 is 0 Å². The number of carbonyl (C=O) groups excluding carboxylic acids is 3. The van der Waals surface area contributed by atoms with Gasteiger partial charge in [-0.3, -0.25) is 14.5 Å². The van der Waals surface area contributed by atoms with E-state index in [0.29, 0.717) is 24.5 Å². The highest BCUT2D eigenvalue weighted by Gasteiger charge is 2.52. The normalized spacial score (nSPS) is 25.9. The summed E-state index contributed by atoms with van der Waals surface area (Å²) in [5.41, 5.74) is -0.0741. The van der Waals surface area contributed by atoms with Crippen LogP contribution in [0.5, 0.6) is 0 Å². The molecule has 148 valence electrons. The molecule has 1 saturated carbocycles. The Morgan fingerprint density at radius 2 is 2.04 bits per heavy atom. The lowest BCUT2D eigenvalue weighted by atomic mass is 9.77. The molecule has 7 heteroatoms. The van der Waals surface area contributed by atoms with E-state index in [1.54, 1.807) is 0 Å². The van der Waals surface area contributed by atoms with Crippen LogP contribution in [0.15, 0.2) is 34.7 Å². The molecule has 0 unspecified atom stereocenters. The van der Waals surface area contributed by atoms with Gasteiger partial charge in [-0.2, -0.15) is 0 Å². The molecule has 1 aromatic heterocycles. The third-order valence-corrected chi connectivity index (χ3v) is 5.92. The maximum absolute atomic E-state index is 12.9. The quantitative estimate of drug-likeness (QED) is 0.794. The fraction of sp³-hybridized carbons (Fsp3) is 0.476. The molecule has 1 aliphatic heterocycles. The fourth-order valence-corrected chi connectivity index (χ4v) is 4.13. The summed E-state index contributed by atoms with van der Waals surface area (Å²) in [5.74, 6) is 0.510. The zero-order valence-electron chi connectivity index (χ0n) is 16.2. The number of rotatable bonds is 4. The number of hydrogen-bond donors (Lipinski definition) is 2. The first kappa shape index (κ1) is 18.5. The highest BCUT2D eigenvalue weighted by Crippen LogP contribution is 2.36. The lowest BCUT2D eigenvalue weighted by molar-refractivity contribution is -0.136. The predicted octanol–water partition coefficient (Wildman–Crippen LogP) is 3.11. The van der Waals surface area contributed by atoms with Crippen LogP contribution in [0, 0.1) is 5.92 Å². The first-order valence-corrected chi connectivity index (χ1v) is 9.80. The van der Waals surface area contributed by atoms with Gasteiger partial charge < -0.3 is 15.1 Å². The number of nitrogens with zero attached hydrogens (tertiary/aromatic N) is 1. The number of imide groups is 1. The van der Waals surface area contributed by atoms with E-state index in [-0.39, 0.29) is 18.5 Å². The number of hydrogen-bond acceptors (Lipinski definition) is 4. The van der Waals surface area contributed by atoms with Crippen molar-refractivity contribution in [3.8, 4) is 0 Å². The van der Waals surface area contributed by atoms with Gasteiger partial charge >= 0.3 is 6.03 Å². The predicted molar refractivity (Wildman–Crippen MR) is 103 cm³/mol. The average Bonchev–Trinajstić information content (AvgIpc) is 3.20. The Bertz CT molecular complexity index is 894. The topological polar surface area (TPSA) is 91.7 Å². The van der Waals surface area contributed by atoms with Crippen molar-refractivity contribution in [2.75, 3.05) is 6.54 Å². The molecule has 7 nitrogen and oxygen atoms in total. The van der Waals surface area contributed by atoms with Gasteiger partial charge in [-0.05, 0) is 50.7 Å². The fourth-order valence-electron chi connectivity index (χ4n) is 4.13. The van der Waals surface area contributed by atoms with E-state index < -0.39 is 17.5 Å². The summed E-state index contributed by atoms with van der Waals surface area (Å²) in [7, 11) is 0. The second-order valence-corrected chi connectivity index (χ2v) is 8.06. The molecule has 2 fully saturated rings. The van der Waals surface area contributed by atoms with Crippen LogP contribution in [0.25, 0.3) is 11.0 Å². The minimum Gasteiger partial charge on any atom is -0.459 e. The molecule has 1 aromatic carbocycles. The summed E-state index contributed by atoms with van der Waals surface area (Å²) in [5, 5.41) is 6.61. The Morgan fingerprint density at radius 3 is 2.75 bits per heavy atom. The van der Waals surface area contributed by atoms with Crippen LogP contribution in [0.4, 0.5) is 4.79 Å². The molecule has 2 heterocycles. The molecule has 28 heavy (non-hydrogen) atoms. The standard InChI is InChI=1S/C21H25N3O4/c1-13-7-9-21(10-8-13)19(26)24(20(27)23-21)12-18(25)22-14(2)17-11-15-5-3-4-6-16(15)28-17/h3-6,11,13-14H,7-10,12H2,1-2H3,(H,22,25)(H,23,27)/t13?,14-,21?/m0/s1. The van der Waals surface area contributed by atoms with E-state index >= 15 is 0 Å². The van der Waals surface area contributed by atoms with Gasteiger partial charge in [0.2, 0.25) is 5.91 Å². The number of fused-ring (bicyclic) bond motifs is 1. The molecule has 0 radical (unpaired) electrons. The molecule has 1 aliphatic carbocycles. The SMILES string of the molecule is CC1CCC2(CC1)NC(=O)N(CC(=O)N[C@@H](C)c1cc3ccccc3o1)C2=O. The second kappa shape index (κ2) is 6.96. The number of benzene rings is 1. The molecule has 2 N–H and O–H groups in total. The molecule has 0 bridgehead atoms. The Labute approximate surface area is 163 Å². The van der Waals surface area contributed by atoms with Gasteiger partial charge in [-0.1, -0.05) is 25.1 Å². The van der Waals surface area contributed by atoms with Crippen molar-refractivity contribution in [2.24, 2.45) is 5.92 Å². The van der Waals surface area contributed by atoms with E-state index in [4.69, 9.17) is 4.42 Å². The van der Waals surface area contributed by atoms with Crippen molar-refractivity contribution in [2.45, 2.75) is 51.1 Å². The smallest absolute Gasteiger partial charge is 0.325 e. The highest BCUT2D eigenvalue weighted by molar-refractivity contribution is 6.09. The third kappa shape index (κ3) is 3.25. The molecule has 2 aromatic rings. The highest BCUT2D eigenvalue weighted by atomic mass is 16.3. The number of para-hydroxylation sites is 1. The summed E-state index contributed by atoms with van der Waals surface area (Å²) >= 11 is 0. The first-order chi connectivity index (χ1) is 13.4. The van der Waals surface area contributed by atoms with Gasteiger partial charge in [0.1, 0.15) is 23.4 Å². The largest absolute Gasteiger partial charge is 0.459 e. The summed E-state index contributed by atoms with van der Waals surface area (Å²) < 4.78 is 5.77. The Hall–Kier alpha value is -2.83. The van der Waals surface area contributed by atoms with Crippen molar-refractivity contribution in [3.05, 3.63) is 36.1 Å². The van der Waals surface area contributed by atoms with Crippen LogP contribution in [-0.2, 0) is 9.59 Å². The lowest BCUT2D eigenvalue weighted by Gasteiger charge is -2.33. The van der Waals surface area contributed by atoms with Gasteiger partial charge in [0.05, 0.1) is 6.04 Å². The summed E-state index contributed by atoms with van der Waals surface area (Å²) in [4.78, 5) is 38.7. The van der Waals surface area contributed by atoms with Crippen LogP contribution < -0.4 is 10.6 Å². The number of urea groups is 1. The number of furan rings is 1. The van der Waals surface area contributed by atoms with Crippen LogP contribution in [0.2, 0.25) is 0 Å². The van der Waals surface area contributed by atoms with Crippen molar-refractivity contribution in [1.29, 1.82) is 0 Å². The maximum Gasteiger partial charge on any atom is 0.325 e. The molecule has 4 amide bonds. The summed E-state index contributed by atoms with van der Waals surface area (Å²) in [6.07, 6.45) is 3.06. The molecule has 1 spiro atoms. The minimum atomic E-state index is -0.825. The van der Waals surface area contributed by atoms with Crippen molar-refractivity contribution in [3.63, 3.8) is 0 Å². The number of carbonyl (C=O) groups is 3. The molecule has 1 saturated heterocycles. The van der Waals surface area contributed by atoms with Crippen LogP contribution in [0.1, 0.15) is 51.3 Å². The summed E-state index contributed by atoms with van der Waals surface area (Å²) in [6, 6.07) is 8.64. The van der Waals surface area contributed by atoms with Gasteiger partial charge in [-0.25, -0.2) is 4.79 Å². The van der Waals surface area contributed by atoms with E-state index in [0.717, 1.165) is 28.7 Å². The van der Waals surface area contributed by atoms with Crippen molar-refractivity contribution < 1.29 is 18.8 Å². The van der Waals surface area contributed by atoms with Crippen LogP contribution in [0.3, 0.4) is 0 Å². The lowest BCUT2D eigenvalue weighted by Crippen LogP contribution is -2.50. The van der Waals surface area contributed by atoms with Crippen LogP contribution in [-0.4, -0.2) is 34.8 Å². The monoisotopic (exact) mass is 383 g/mol. The molecule has 4 rings (SSSR count). The number of amides is 4. The van der Waals surface area contributed by atoms with E-state index in [2.05, 4.69) is 17.6 Å². The Balaban J connectivity index is 1.40. The van der Waals surface area contributed by atoms with E-state index in [1.807, 2.05) is 37.3 Å². The first-order valence-electron chi connectivity index (χ1n) is 9.80. The summed E-state index contributed by atoms with van der Waals surface area (Å²) in [6.45, 7) is 3.68. The second-order valence-electron chi connectivity index (χ2n) is 8.06. The molecule has 1 atom stereocenters. The van der Waals surface area contributed by atoms with Crippen molar-refractivity contribution in [1.82, 2.24) is 15.5 Å². The van der Waals surface area contributed by atoms with Gasteiger partial charge in [0, 0.05) is 5.39 Å². The Morgan fingerprint density at radius 1 is 1.32 bits per heavy atom. The molecular weight excluding hydrogens is 358 g/mol. The maximum atomic E-state index is 12.9. The van der Waals surface area contributed by atoms with Gasteiger partial charge in [0.25, 0.3) is 5.91 Å². The van der Waals surface area contributed by atoms with Gasteiger partial charge in [0.15, 0.2) is 0 Å².